The van der Waals surface area contributed by atoms with Crippen LogP contribution in [0.2, 0.25) is 0 Å². The molecule has 2 saturated carbocycles. The lowest BCUT2D eigenvalue weighted by molar-refractivity contribution is 0.247. The van der Waals surface area contributed by atoms with E-state index in [1.54, 1.807) is 0 Å². The maximum atomic E-state index is 10.1. The van der Waals surface area contributed by atoms with Gasteiger partial charge in [-0.15, -0.1) is 0 Å². The van der Waals surface area contributed by atoms with Crippen LogP contribution in [0.5, 0.6) is 5.75 Å². The predicted octanol–water partition coefficient (Wildman–Crippen LogP) is 4.18. The molecule has 1 aromatic carbocycles. The van der Waals surface area contributed by atoms with Crippen LogP contribution < -0.4 is 5.32 Å². The van der Waals surface area contributed by atoms with E-state index in [4.69, 9.17) is 0 Å². The molecular weight excluding hydrogens is 246 g/mol. The number of rotatable bonds is 4. The molecule has 2 N–H and O–H groups in total. The highest BCUT2D eigenvalue weighted by atomic mass is 16.3. The average Bonchev–Trinajstić information content (AvgIpc) is 3.00. The molecule has 2 aliphatic carbocycles. The molecule has 2 heteroatoms. The molecule has 0 heterocycles. The maximum absolute atomic E-state index is 10.1. The molecule has 3 rings (SSSR count). The quantitative estimate of drug-likeness (QED) is 0.862. The van der Waals surface area contributed by atoms with Crippen molar-refractivity contribution in [2.24, 2.45) is 17.8 Å². The molecule has 0 aromatic heterocycles. The number of nitrogens with one attached hydrogen (secondary N) is 1. The minimum atomic E-state index is 0.213. The zero-order valence-electron chi connectivity index (χ0n) is 12.9. The first kappa shape index (κ1) is 13.9. The van der Waals surface area contributed by atoms with Gasteiger partial charge in [-0.05, 0) is 69.4 Å². The Balaban J connectivity index is 1.65. The van der Waals surface area contributed by atoms with Crippen LogP contribution in [0.3, 0.4) is 0 Å². The Labute approximate surface area is 122 Å². The minimum absolute atomic E-state index is 0.213. The first-order valence-electron chi connectivity index (χ1n) is 8.10. The Morgan fingerprint density at radius 1 is 1.20 bits per heavy atom. The van der Waals surface area contributed by atoms with Crippen molar-refractivity contribution < 1.29 is 5.11 Å². The second-order valence-corrected chi connectivity index (χ2v) is 7.08. The highest BCUT2D eigenvalue weighted by Crippen LogP contribution is 2.49. The molecule has 2 bridgehead atoms. The normalized spacial score (nSPS) is 31.4. The van der Waals surface area contributed by atoms with Gasteiger partial charge in [-0.25, -0.2) is 0 Å². The molecule has 0 spiro atoms. The van der Waals surface area contributed by atoms with E-state index in [2.05, 4.69) is 31.3 Å². The lowest BCUT2D eigenvalue weighted by Crippen LogP contribution is -2.37. The van der Waals surface area contributed by atoms with Crippen molar-refractivity contribution in [3.8, 4) is 5.75 Å². The summed E-state index contributed by atoms with van der Waals surface area (Å²) in [5.74, 6) is 3.20. The van der Waals surface area contributed by atoms with E-state index in [-0.39, 0.29) is 6.04 Å². The van der Waals surface area contributed by atoms with Gasteiger partial charge >= 0.3 is 0 Å². The van der Waals surface area contributed by atoms with Crippen LogP contribution in [0.25, 0.3) is 0 Å². The van der Waals surface area contributed by atoms with Crippen molar-refractivity contribution in [1.82, 2.24) is 5.32 Å². The van der Waals surface area contributed by atoms with E-state index in [9.17, 15) is 5.11 Å². The van der Waals surface area contributed by atoms with Crippen molar-refractivity contribution in [3.63, 3.8) is 0 Å². The van der Waals surface area contributed by atoms with E-state index in [0.29, 0.717) is 11.8 Å². The van der Waals surface area contributed by atoms with Crippen LogP contribution in [-0.2, 0) is 0 Å². The first-order valence-corrected chi connectivity index (χ1v) is 8.10. The van der Waals surface area contributed by atoms with Gasteiger partial charge in [-0.2, -0.15) is 0 Å². The highest BCUT2D eigenvalue weighted by Gasteiger charge is 2.41. The van der Waals surface area contributed by atoms with Gasteiger partial charge < -0.3 is 10.4 Å². The lowest BCUT2D eigenvalue weighted by Gasteiger charge is -2.31. The number of fused-ring (bicyclic) bond motifs is 2. The van der Waals surface area contributed by atoms with Crippen molar-refractivity contribution in [1.29, 1.82) is 0 Å². The SMILES string of the molecule is Cc1ccc(C(C)NC(C)C2CC3CCC2C3)c(O)c1. The molecular formula is C18H27NO. The Kier molecular flexibility index (Phi) is 3.76. The van der Waals surface area contributed by atoms with Crippen molar-refractivity contribution >= 4 is 0 Å². The van der Waals surface area contributed by atoms with E-state index in [0.717, 1.165) is 28.9 Å². The van der Waals surface area contributed by atoms with Gasteiger partial charge in [0.15, 0.2) is 0 Å². The Bertz CT molecular complexity index is 484. The Morgan fingerprint density at radius 3 is 2.60 bits per heavy atom. The fourth-order valence-electron chi connectivity index (χ4n) is 4.53. The van der Waals surface area contributed by atoms with E-state index < -0.39 is 0 Å². The van der Waals surface area contributed by atoms with E-state index in [1.807, 2.05) is 13.0 Å². The van der Waals surface area contributed by atoms with Gasteiger partial charge in [0, 0.05) is 17.6 Å². The topological polar surface area (TPSA) is 32.3 Å². The summed E-state index contributed by atoms with van der Waals surface area (Å²) in [5.41, 5.74) is 2.13. The van der Waals surface area contributed by atoms with Crippen molar-refractivity contribution in [2.45, 2.75) is 58.5 Å². The van der Waals surface area contributed by atoms with Crippen LogP contribution in [0.15, 0.2) is 18.2 Å². The zero-order chi connectivity index (χ0) is 14.3. The van der Waals surface area contributed by atoms with E-state index in [1.165, 1.54) is 25.7 Å². The maximum Gasteiger partial charge on any atom is 0.120 e. The van der Waals surface area contributed by atoms with Gasteiger partial charge in [-0.3, -0.25) is 0 Å². The highest BCUT2D eigenvalue weighted by molar-refractivity contribution is 5.37. The molecule has 5 atom stereocenters. The summed E-state index contributed by atoms with van der Waals surface area (Å²) in [6, 6.07) is 6.74. The van der Waals surface area contributed by atoms with Crippen molar-refractivity contribution in [3.05, 3.63) is 29.3 Å². The summed E-state index contributed by atoms with van der Waals surface area (Å²) in [7, 11) is 0. The number of aromatic hydroxyl groups is 1. The minimum Gasteiger partial charge on any atom is -0.508 e. The molecule has 0 radical (unpaired) electrons. The monoisotopic (exact) mass is 273 g/mol. The van der Waals surface area contributed by atoms with E-state index >= 15 is 0 Å². The van der Waals surface area contributed by atoms with Crippen LogP contribution in [0.4, 0.5) is 0 Å². The van der Waals surface area contributed by atoms with Gasteiger partial charge in [0.1, 0.15) is 5.75 Å². The summed E-state index contributed by atoms with van der Waals surface area (Å²) in [4.78, 5) is 0. The van der Waals surface area contributed by atoms with Gasteiger partial charge in [0.2, 0.25) is 0 Å². The number of hydrogen-bond acceptors (Lipinski definition) is 2. The second kappa shape index (κ2) is 5.40. The van der Waals surface area contributed by atoms with Gasteiger partial charge in [0.25, 0.3) is 0 Å². The van der Waals surface area contributed by atoms with Crippen LogP contribution in [-0.4, -0.2) is 11.1 Å². The zero-order valence-corrected chi connectivity index (χ0v) is 12.9. The largest absolute Gasteiger partial charge is 0.508 e. The molecule has 2 nitrogen and oxygen atoms in total. The lowest BCUT2D eigenvalue weighted by atomic mass is 9.83. The van der Waals surface area contributed by atoms with Gasteiger partial charge in [0.05, 0.1) is 0 Å². The molecule has 0 amide bonds. The summed E-state index contributed by atoms with van der Waals surface area (Å²) in [5, 5.41) is 13.8. The summed E-state index contributed by atoms with van der Waals surface area (Å²) in [6.07, 6.45) is 5.76. The molecule has 2 aliphatic rings. The molecule has 0 aliphatic heterocycles. The fraction of sp³-hybridized carbons (Fsp3) is 0.667. The Morgan fingerprint density at radius 2 is 2.00 bits per heavy atom. The summed E-state index contributed by atoms with van der Waals surface area (Å²) >= 11 is 0. The second-order valence-electron chi connectivity index (χ2n) is 7.08. The summed E-state index contributed by atoms with van der Waals surface area (Å²) in [6.45, 7) is 6.50. The molecule has 5 unspecified atom stereocenters. The average molecular weight is 273 g/mol. The molecule has 1 aromatic rings. The number of phenols is 1. The number of aryl methyl sites for hydroxylation is 1. The Hall–Kier alpha value is -1.02. The molecule has 2 fully saturated rings. The predicted molar refractivity (Wildman–Crippen MR) is 82.8 cm³/mol. The third kappa shape index (κ3) is 2.58. The first-order chi connectivity index (χ1) is 9.54. The van der Waals surface area contributed by atoms with Crippen molar-refractivity contribution in [2.75, 3.05) is 0 Å². The number of benzene rings is 1. The standard InChI is InChI=1S/C18H27NO/c1-11-4-7-16(18(20)8-11)12(2)19-13(3)17-10-14-5-6-15(17)9-14/h4,7-8,12-15,17,19-20H,5-6,9-10H2,1-3H3. The van der Waals surface area contributed by atoms with Crippen LogP contribution in [0, 0.1) is 24.7 Å². The fourth-order valence-corrected chi connectivity index (χ4v) is 4.53. The van der Waals surface area contributed by atoms with Gasteiger partial charge in [-0.1, -0.05) is 18.6 Å². The molecule has 20 heavy (non-hydrogen) atoms. The number of phenolic OH excluding ortho intramolecular Hbond substituents is 1. The smallest absolute Gasteiger partial charge is 0.120 e. The summed E-state index contributed by atoms with van der Waals surface area (Å²) < 4.78 is 0. The third-order valence-electron chi connectivity index (χ3n) is 5.60. The molecule has 0 saturated heterocycles. The van der Waals surface area contributed by atoms with Crippen LogP contribution in [0.1, 0.15) is 56.7 Å². The molecule has 110 valence electrons. The number of hydrogen-bond donors (Lipinski definition) is 2. The third-order valence-corrected chi connectivity index (χ3v) is 5.60. The van der Waals surface area contributed by atoms with Crippen LogP contribution >= 0.6 is 0 Å².